The second kappa shape index (κ2) is 5.02. The summed E-state index contributed by atoms with van der Waals surface area (Å²) in [6.45, 7) is 7.17. The van der Waals surface area contributed by atoms with E-state index in [4.69, 9.17) is 10.8 Å². The van der Waals surface area contributed by atoms with Gasteiger partial charge in [-0.2, -0.15) is 5.10 Å². The van der Waals surface area contributed by atoms with Crippen molar-refractivity contribution in [2.24, 2.45) is 0 Å². The summed E-state index contributed by atoms with van der Waals surface area (Å²) in [4.78, 5) is 0. The third-order valence-electron chi connectivity index (χ3n) is 2.33. The van der Waals surface area contributed by atoms with Crippen LogP contribution in [0.1, 0.15) is 26.0 Å². The summed E-state index contributed by atoms with van der Waals surface area (Å²) in [6.07, 6.45) is 0.408. The van der Waals surface area contributed by atoms with Gasteiger partial charge < -0.3 is 16.2 Å². The Morgan fingerprint density at radius 2 is 2.27 bits per heavy atom. The molecule has 0 aliphatic rings. The molecule has 86 valence electrons. The van der Waals surface area contributed by atoms with Crippen molar-refractivity contribution in [3.05, 3.63) is 5.69 Å². The van der Waals surface area contributed by atoms with Gasteiger partial charge in [0.15, 0.2) is 0 Å². The molecule has 1 aromatic rings. The zero-order chi connectivity index (χ0) is 11.4. The highest BCUT2D eigenvalue weighted by molar-refractivity contribution is 5.64. The summed E-state index contributed by atoms with van der Waals surface area (Å²) >= 11 is 0. The van der Waals surface area contributed by atoms with Crippen LogP contribution in [-0.4, -0.2) is 27.5 Å². The van der Waals surface area contributed by atoms with Crippen LogP contribution in [0.2, 0.25) is 0 Å². The predicted molar refractivity (Wildman–Crippen MR) is 61.8 cm³/mol. The van der Waals surface area contributed by atoms with Crippen LogP contribution in [0.5, 0.6) is 0 Å². The van der Waals surface area contributed by atoms with E-state index in [0.29, 0.717) is 18.7 Å². The molecule has 1 atom stereocenters. The second-order valence-corrected chi connectivity index (χ2v) is 3.73. The van der Waals surface area contributed by atoms with Gasteiger partial charge in [0.2, 0.25) is 0 Å². The first kappa shape index (κ1) is 11.8. The number of aryl methyl sites for hydroxylation is 2. The van der Waals surface area contributed by atoms with Gasteiger partial charge in [-0.15, -0.1) is 0 Å². The molecule has 4 N–H and O–H groups in total. The van der Waals surface area contributed by atoms with Crippen LogP contribution in [0.25, 0.3) is 0 Å². The molecular formula is C10H20N4O. The van der Waals surface area contributed by atoms with Crippen molar-refractivity contribution in [2.45, 2.75) is 39.8 Å². The average Bonchev–Trinajstić information content (AvgIpc) is 2.44. The van der Waals surface area contributed by atoms with Crippen LogP contribution in [0.3, 0.4) is 0 Å². The van der Waals surface area contributed by atoms with Gasteiger partial charge in [0, 0.05) is 13.1 Å². The molecule has 15 heavy (non-hydrogen) atoms. The predicted octanol–water partition coefficient (Wildman–Crippen LogP) is 0.976. The van der Waals surface area contributed by atoms with Gasteiger partial charge in [-0.05, 0) is 27.2 Å². The van der Waals surface area contributed by atoms with E-state index in [2.05, 4.69) is 10.4 Å². The van der Waals surface area contributed by atoms with Crippen LogP contribution >= 0.6 is 0 Å². The monoisotopic (exact) mass is 212 g/mol. The molecule has 0 saturated heterocycles. The highest BCUT2D eigenvalue weighted by Gasteiger charge is 2.10. The number of rotatable bonds is 5. The Bertz CT molecular complexity index is 319. The van der Waals surface area contributed by atoms with E-state index in [1.54, 1.807) is 6.92 Å². The number of hydrogen-bond acceptors (Lipinski definition) is 4. The van der Waals surface area contributed by atoms with Crippen molar-refractivity contribution in [1.82, 2.24) is 9.78 Å². The molecular weight excluding hydrogens is 192 g/mol. The van der Waals surface area contributed by atoms with E-state index in [1.807, 2.05) is 18.5 Å². The van der Waals surface area contributed by atoms with Crippen LogP contribution in [0.15, 0.2) is 0 Å². The van der Waals surface area contributed by atoms with E-state index in [9.17, 15) is 0 Å². The largest absolute Gasteiger partial charge is 0.394 e. The smallest absolute Gasteiger partial charge is 0.148 e. The number of nitrogen functional groups attached to an aromatic ring is 1. The summed E-state index contributed by atoms with van der Waals surface area (Å²) in [5.74, 6) is 0.857. The van der Waals surface area contributed by atoms with E-state index in [1.165, 1.54) is 0 Å². The third-order valence-corrected chi connectivity index (χ3v) is 2.33. The Balaban J connectivity index is 2.66. The van der Waals surface area contributed by atoms with Crippen molar-refractivity contribution in [3.63, 3.8) is 0 Å². The molecule has 5 nitrogen and oxygen atoms in total. The van der Waals surface area contributed by atoms with Crippen LogP contribution in [0, 0.1) is 6.92 Å². The topological polar surface area (TPSA) is 76.1 Å². The Kier molecular flexibility index (Phi) is 3.96. The lowest BCUT2D eigenvalue weighted by atomic mass is 10.3. The number of aromatic nitrogens is 2. The number of nitrogens with zero attached hydrogens (tertiary/aromatic N) is 2. The molecule has 5 heteroatoms. The molecule has 0 spiro atoms. The first-order chi connectivity index (χ1) is 7.06. The quantitative estimate of drug-likeness (QED) is 0.680. The van der Waals surface area contributed by atoms with E-state index >= 15 is 0 Å². The molecule has 1 rings (SSSR count). The summed E-state index contributed by atoms with van der Waals surface area (Å²) in [5.41, 5.74) is 7.43. The molecule has 1 aromatic heterocycles. The first-order valence-corrected chi connectivity index (χ1v) is 5.31. The molecule has 0 radical (unpaired) electrons. The fourth-order valence-electron chi connectivity index (χ4n) is 1.41. The molecule has 1 unspecified atom stereocenters. The fraction of sp³-hybridized carbons (Fsp3) is 0.700. The maximum absolute atomic E-state index is 9.14. The summed E-state index contributed by atoms with van der Waals surface area (Å²) in [6, 6.07) is 0. The van der Waals surface area contributed by atoms with Gasteiger partial charge in [0.25, 0.3) is 0 Å². The molecule has 0 aliphatic carbocycles. The summed E-state index contributed by atoms with van der Waals surface area (Å²) in [7, 11) is 0. The Hall–Kier alpha value is -1.23. The normalized spacial score (nSPS) is 12.8. The number of aliphatic hydroxyl groups excluding tert-OH is 1. The van der Waals surface area contributed by atoms with Crippen molar-refractivity contribution in [1.29, 1.82) is 0 Å². The van der Waals surface area contributed by atoms with Crippen molar-refractivity contribution in [2.75, 3.05) is 17.6 Å². The van der Waals surface area contributed by atoms with Gasteiger partial charge in [-0.3, -0.25) is 0 Å². The number of hydrogen-bond donors (Lipinski definition) is 3. The van der Waals surface area contributed by atoms with Crippen molar-refractivity contribution >= 4 is 11.5 Å². The highest BCUT2D eigenvalue weighted by Crippen LogP contribution is 2.21. The van der Waals surface area contributed by atoms with Crippen LogP contribution in [-0.2, 0) is 6.54 Å². The SMILES string of the molecule is CCn1nc(C)c(N)c1NCCC(C)O. The molecule has 0 saturated carbocycles. The standard InChI is InChI=1S/C10H20N4O/c1-4-14-10(9(11)8(3)13-14)12-6-5-7(2)15/h7,12,15H,4-6,11H2,1-3H3. The van der Waals surface area contributed by atoms with E-state index < -0.39 is 0 Å². The van der Waals surface area contributed by atoms with Crippen molar-refractivity contribution in [3.8, 4) is 0 Å². The van der Waals surface area contributed by atoms with Gasteiger partial charge in [-0.25, -0.2) is 4.68 Å². The minimum Gasteiger partial charge on any atom is -0.394 e. The lowest BCUT2D eigenvalue weighted by Crippen LogP contribution is -2.13. The second-order valence-electron chi connectivity index (χ2n) is 3.73. The Labute approximate surface area is 90.3 Å². The van der Waals surface area contributed by atoms with Gasteiger partial charge in [0.05, 0.1) is 17.5 Å². The molecule has 0 bridgehead atoms. The zero-order valence-electron chi connectivity index (χ0n) is 9.62. The van der Waals surface area contributed by atoms with E-state index in [0.717, 1.165) is 18.1 Å². The Morgan fingerprint density at radius 1 is 1.60 bits per heavy atom. The summed E-state index contributed by atoms with van der Waals surface area (Å²) < 4.78 is 1.84. The third kappa shape index (κ3) is 2.86. The number of anilines is 2. The average molecular weight is 212 g/mol. The minimum absolute atomic E-state index is 0.294. The minimum atomic E-state index is -0.294. The maximum atomic E-state index is 9.14. The maximum Gasteiger partial charge on any atom is 0.148 e. The molecule has 0 aromatic carbocycles. The molecule has 0 fully saturated rings. The molecule has 0 aliphatic heterocycles. The van der Waals surface area contributed by atoms with Gasteiger partial charge >= 0.3 is 0 Å². The van der Waals surface area contributed by atoms with Gasteiger partial charge in [-0.1, -0.05) is 0 Å². The number of aliphatic hydroxyl groups is 1. The number of nitrogens with two attached hydrogens (primary N) is 1. The number of nitrogens with one attached hydrogen (secondary N) is 1. The Morgan fingerprint density at radius 3 is 2.80 bits per heavy atom. The lowest BCUT2D eigenvalue weighted by molar-refractivity contribution is 0.188. The molecule has 0 amide bonds. The van der Waals surface area contributed by atoms with Gasteiger partial charge in [0.1, 0.15) is 5.82 Å². The first-order valence-electron chi connectivity index (χ1n) is 5.31. The van der Waals surface area contributed by atoms with Crippen molar-refractivity contribution < 1.29 is 5.11 Å². The van der Waals surface area contributed by atoms with Crippen LogP contribution < -0.4 is 11.1 Å². The molecule has 1 heterocycles. The fourth-order valence-corrected chi connectivity index (χ4v) is 1.41. The highest BCUT2D eigenvalue weighted by atomic mass is 16.3. The summed E-state index contributed by atoms with van der Waals surface area (Å²) in [5, 5.41) is 16.6. The zero-order valence-corrected chi connectivity index (χ0v) is 9.62. The van der Waals surface area contributed by atoms with Crippen LogP contribution in [0.4, 0.5) is 11.5 Å². The van der Waals surface area contributed by atoms with E-state index in [-0.39, 0.29) is 6.10 Å². The lowest BCUT2D eigenvalue weighted by Gasteiger charge is -2.10.